The number of hydrogen-bond acceptors (Lipinski definition) is 4. The Morgan fingerprint density at radius 3 is 2.09 bits per heavy atom. The second-order valence-electron chi connectivity index (χ2n) is 10.0. The van der Waals surface area contributed by atoms with Crippen LogP contribution in [-0.2, 0) is 19.0 Å². The average Bonchev–Trinajstić information content (AvgIpc) is 3.13. The highest BCUT2D eigenvalue weighted by Gasteiger charge is 2.30. The SMILES string of the molecule is CCCCCCCCC=CCCCCCCCC(=O)OCCCOCCC1OCC(C)[C@@H]1C. The van der Waals surface area contributed by atoms with E-state index in [0.29, 0.717) is 37.6 Å². The van der Waals surface area contributed by atoms with Crippen LogP contribution < -0.4 is 0 Å². The third kappa shape index (κ3) is 17.3. The second kappa shape index (κ2) is 21.6. The molecule has 0 N–H and O–H groups in total. The Morgan fingerprint density at radius 2 is 1.45 bits per heavy atom. The third-order valence-electron chi connectivity index (χ3n) is 6.94. The van der Waals surface area contributed by atoms with Crippen LogP contribution in [0.15, 0.2) is 12.2 Å². The van der Waals surface area contributed by atoms with E-state index in [0.717, 1.165) is 38.9 Å². The molecular weight excluding hydrogens is 412 g/mol. The number of rotatable bonds is 22. The summed E-state index contributed by atoms with van der Waals surface area (Å²) < 4.78 is 16.8. The molecule has 1 aliphatic heterocycles. The molecule has 0 aromatic rings. The maximum Gasteiger partial charge on any atom is 0.305 e. The Labute approximate surface area is 205 Å². The van der Waals surface area contributed by atoms with E-state index >= 15 is 0 Å². The first-order valence-corrected chi connectivity index (χ1v) is 14.1. The van der Waals surface area contributed by atoms with Crippen LogP contribution in [0.3, 0.4) is 0 Å². The summed E-state index contributed by atoms with van der Waals surface area (Å²) in [6.45, 7) is 9.50. The van der Waals surface area contributed by atoms with Crippen molar-refractivity contribution in [3.63, 3.8) is 0 Å². The van der Waals surface area contributed by atoms with Crippen LogP contribution in [0.25, 0.3) is 0 Å². The monoisotopic (exact) mass is 466 g/mol. The van der Waals surface area contributed by atoms with Gasteiger partial charge in [-0.1, -0.05) is 84.3 Å². The van der Waals surface area contributed by atoms with Crippen molar-refractivity contribution in [1.29, 1.82) is 0 Å². The van der Waals surface area contributed by atoms with Gasteiger partial charge < -0.3 is 14.2 Å². The van der Waals surface area contributed by atoms with Crippen LogP contribution in [0, 0.1) is 11.8 Å². The molecule has 33 heavy (non-hydrogen) atoms. The minimum Gasteiger partial charge on any atom is -0.466 e. The fraction of sp³-hybridized carbons (Fsp3) is 0.897. The van der Waals surface area contributed by atoms with Gasteiger partial charge in [-0.05, 0) is 50.4 Å². The number of allylic oxidation sites excluding steroid dienone is 2. The predicted molar refractivity (Wildman–Crippen MR) is 139 cm³/mol. The zero-order chi connectivity index (χ0) is 24.0. The number of carbonyl (C=O) groups excluding carboxylic acids is 1. The number of carbonyl (C=O) groups is 1. The van der Waals surface area contributed by atoms with Crippen molar-refractivity contribution >= 4 is 5.97 Å². The van der Waals surface area contributed by atoms with Gasteiger partial charge in [0, 0.05) is 32.7 Å². The second-order valence-corrected chi connectivity index (χ2v) is 10.0. The van der Waals surface area contributed by atoms with Gasteiger partial charge in [-0.15, -0.1) is 0 Å². The van der Waals surface area contributed by atoms with Gasteiger partial charge in [-0.25, -0.2) is 0 Å². The summed E-state index contributed by atoms with van der Waals surface area (Å²) in [6.07, 6.45) is 23.9. The number of esters is 1. The molecule has 1 heterocycles. The lowest BCUT2D eigenvalue weighted by Gasteiger charge is -2.16. The maximum absolute atomic E-state index is 11.8. The minimum absolute atomic E-state index is 0.0604. The van der Waals surface area contributed by atoms with E-state index in [9.17, 15) is 4.79 Å². The van der Waals surface area contributed by atoms with E-state index in [2.05, 4.69) is 32.9 Å². The summed E-state index contributed by atoms with van der Waals surface area (Å²) in [4.78, 5) is 11.8. The van der Waals surface area contributed by atoms with Gasteiger partial charge in [0.15, 0.2) is 0 Å². The maximum atomic E-state index is 11.8. The molecule has 194 valence electrons. The molecule has 1 aliphatic rings. The van der Waals surface area contributed by atoms with Crippen LogP contribution in [0.1, 0.15) is 124 Å². The molecule has 4 heteroatoms. The fourth-order valence-corrected chi connectivity index (χ4v) is 4.35. The molecule has 1 saturated heterocycles. The lowest BCUT2D eigenvalue weighted by Crippen LogP contribution is -2.18. The van der Waals surface area contributed by atoms with Crippen LogP contribution in [0.2, 0.25) is 0 Å². The largest absolute Gasteiger partial charge is 0.466 e. The normalized spacial score (nSPS) is 20.6. The third-order valence-corrected chi connectivity index (χ3v) is 6.94. The molecule has 0 saturated carbocycles. The number of unbranched alkanes of at least 4 members (excludes halogenated alkanes) is 11. The highest BCUT2D eigenvalue weighted by atomic mass is 16.5. The van der Waals surface area contributed by atoms with Gasteiger partial charge in [0.25, 0.3) is 0 Å². The molecule has 0 amide bonds. The zero-order valence-electron chi connectivity index (χ0n) is 22.2. The predicted octanol–water partition coefficient (Wildman–Crippen LogP) is 8.03. The summed E-state index contributed by atoms with van der Waals surface area (Å²) in [5.41, 5.74) is 0. The molecule has 0 bridgehead atoms. The first-order chi connectivity index (χ1) is 16.1. The highest BCUT2D eigenvalue weighted by Crippen LogP contribution is 2.28. The molecule has 3 atom stereocenters. The molecule has 0 aromatic heterocycles. The van der Waals surface area contributed by atoms with Gasteiger partial charge in [-0.3, -0.25) is 4.79 Å². The summed E-state index contributed by atoms with van der Waals surface area (Å²) in [7, 11) is 0. The molecule has 0 aromatic carbocycles. The van der Waals surface area contributed by atoms with Crippen molar-refractivity contribution in [2.45, 2.75) is 130 Å². The number of ether oxygens (including phenoxy) is 3. The van der Waals surface area contributed by atoms with E-state index in [-0.39, 0.29) is 5.97 Å². The van der Waals surface area contributed by atoms with Crippen LogP contribution >= 0.6 is 0 Å². The van der Waals surface area contributed by atoms with Gasteiger partial charge in [0.2, 0.25) is 0 Å². The van der Waals surface area contributed by atoms with Crippen molar-refractivity contribution in [1.82, 2.24) is 0 Å². The van der Waals surface area contributed by atoms with Gasteiger partial charge >= 0.3 is 5.97 Å². The summed E-state index contributed by atoms with van der Waals surface area (Å²) in [5, 5.41) is 0. The lowest BCUT2D eigenvalue weighted by molar-refractivity contribution is -0.144. The molecule has 0 aliphatic carbocycles. The molecule has 0 radical (unpaired) electrons. The van der Waals surface area contributed by atoms with Crippen molar-refractivity contribution in [2.24, 2.45) is 11.8 Å². The van der Waals surface area contributed by atoms with Gasteiger partial charge in [0.1, 0.15) is 0 Å². The fourth-order valence-electron chi connectivity index (χ4n) is 4.35. The Kier molecular flexibility index (Phi) is 19.8. The summed E-state index contributed by atoms with van der Waals surface area (Å²) in [5.74, 6) is 1.21. The standard InChI is InChI=1S/C29H54O4/c1-4-5-6-7-8-9-10-11-12-13-14-15-16-17-18-20-29(30)32-23-19-22-31-24-21-28-27(3)26(2)25-33-28/h11-12,26-28H,4-10,13-25H2,1-3H3/t26?,27-,28?/m0/s1. The number of hydrogen-bond donors (Lipinski definition) is 0. The molecule has 1 fully saturated rings. The van der Waals surface area contributed by atoms with E-state index in [1.807, 2.05) is 0 Å². The quantitative estimate of drug-likeness (QED) is 0.0920. The highest BCUT2D eigenvalue weighted by molar-refractivity contribution is 5.69. The average molecular weight is 467 g/mol. The first-order valence-electron chi connectivity index (χ1n) is 14.1. The Morgan fingerprint density at radius 1 is 0.818 bits per heavy atom. The smallest absolute Gasteiger partial charge is 0.305 e. The minimum atomic E-state index is -0.0604. The Hall–Kier alpha value is -0.870. The van der Waals surface area contributed by atoms with Crippen molar-refractivity contribution in [3.8, 4) is 0 Å². The van der Waals surface area contributed by atoms with E-state index < -0.39 is 0 Å². The van der Waals surface area contributed by atoms with E-state index in [4.69, 9.17) is 14.2 Å². The molecular formula is C29H54O4. The van der Waals surface area contributed by atoms with Crippen molar-refractivity contribution < 1.29 is 19.0 Å². The molecule has 4 nitrogen and oxygen atoms in total. The van der Waals surface area contributed by atoms with E-state index in [1.165, 1.54) is 70.6 Å². The topological polar surface area (TPSA) is 44.8 Å². The van der Waals surface area contributed by atoms with Crippen LogP contribution in [0.5, 0.6) is 0 Å². The van der Waals surface area contributed by atoms with Crippen LogP contribution in [-0.4, -0.2) is 38.5 Å². The first kappa shape index (κ1) is 30.2. The Bertz CT molecular complexity index is 476. The summed E-state index contributed by atoms with van der Waals surface area (Å²) in [6, 6.07) is 0. The van der Waals surface area contributed by atoms with Gasteiger partial charge in [0.05, 0.1) is 12.7 Å². The summed E-state index contributed by atoms with van der Waals surface area (Å²) >= 11 is 0. The molecule has 1 rings (SSSR count). The van der Waals surface area contributed by atoms with Crippen LogP contribution in [0.4, 0.5) is 0 Å². The molecule has 2 unspecified atom stereocenters. The van der Waals surface area contributed by atoms with Crippen molar-refractivity contribution in [3.05, 3.63) is 12.2 Å². The van der Waals surface area contributed by atoms with E-state index in [1.54, 1.807) is 0 Å². The Balaban J connectivity index is 1.77. The zero-order valence-corrected chi connectivity index (χ0v) is 22.2. The lowest BCUT2D eigenvalue weighted by atomic mass is 9.93. The van der Waals surface area contributed by atoms with Gasteiger partial charge in [-0.2, -0.15) is 0 Å². The van der Waals surface area contributed by atoms with Crippen molar-refractivity contribution in [2.75, 3.05) is 26.4 Å². The molecule has 0 spiro atoms.